The molecule has 0 aliphatic carbocycles. The average Bonchev–Trinajstić information content (AvgIpc) is 2.20. The molecule has 88 valence electrons. The standard InChI is InChI=1S/C13H19ClN2/c1-9(2)16-8-13(10(3)15)11-4-6-12(14)7-5-11/h4-7,9,13,16H,3,8,15H2,1-2H3/t13-/m0/s1. The second-order valence-corrected chi connectivity index (χ2v) is 4.68. The van der Waals surface area contributed by atoms with Gasteiger partial charge in [0.2, 0.25) is 0 Å². The van der Waals surface area contributed by atoms with Crippen LogP contribution < -0.4 is 11.1 Å². The van der Waals surface area contributed by atoms with Crippen LogP contribution in [0.1, 0.15) is 25.3 Å². The van der Waals surface area contributed by atoms with Gasteiger partial charge >= 0.3 is 0 Å². The molecule has 0 aromatic heterocycles. The minimum atomic E-state index is 0.139. The number of nitrogens with one attached hydrogen (secondary N) is 1. The van der Waals surface area contributed by atoms with E-state index < -0.39 is 0 Å². The van der Waals surface area contributed by atoms with Crippen LogP contribution >= 0.6 is 11.6 Å². The largest absolute Gasteiger partial charge is 0.402 e. The van der Waals surface area contributed by atoms with Crippen LogP contribution in [0.5, 0.6) is 0 Å². The van der Waals surface area contributed by atoms with E-state index in [1.165, 1.54) is 0 Å². The van der Waals surface area contributed by atoms with Crippen molar-refractivity contribution in [2.75, 3.05) is 6.54 Å². The van der Waals surface area contributed by atoms with Gasteiger partial charge in [0, 0.05) is 29.2 Å². The summed E-state index contributed by atoms with van der Waals surface area (Å²) in [5.41, 5.74) is 7.65. The molecule has 1 rings (SSSR count). The van der Waals surface area contributed by atoms with Crippen LogP contribution in [0, 0.1) is 0 Å². The van der Waals surface area contributed by atoms with Crippen molar-refractivity contribution in [3.63, 3.8) is 0 Å². The van der Waals surface area contributed by atoms with Crippen molar-refractivity contribution in [3.05, 3.63) is 47.1 Å². The third-order valence-electron chi connectivity index (χ3n) is 2.45. The highest BCUT2D eigenvalue weighted by Crippen LogP contribution is 2.21. The van der Waals surface area contributed by atoms with Crippen molar-refractivity contribution >= 4 is 11.6 Å². The van der Waals surface area contributed by atoms with E-state index in [1.54, 1.807) is 0 Å². The molecular formula is C13H19ClN2. The van der Waals surface area contributed by atoms with Crippen LogP contribution in [0.15, 0.2) is 36.5 Å². The van der Waals surface area contributed by atoms with Gasteiger partial charge in [0.05, 0.1) is 0 Å². The van der Waals surface area contributed by atoms with Crippen molar-refractivity contribution in [1.29, 1.82) is 0 Å². The van der Waals surface area contributed by atoms with Crippen molar-refractivity contribution in [3.8, 4) is 0 Å². The Labute approximate surface area is 102 Å². The van der Waals surface area contributed by atoms with Gasteiger partial charge in [0.15, 0.2) is 0 Å². The Hall–Kier alpha value is -0.990. The molecule has 0 saturated heterocycles. The normalized spacial score (nSPS) is 12.8. The Morgan fingerprint density at radius 2 is 1.94 bits per heavy atom. The Kier molecular flexibility index (Phi) is 4.84. The topological polar surface area (TPSA) is 38.0 Å². The Morgan fingerprint density at radius 3 is 2.38 bits per heavy atom. The fraction of sp³-hybridized carbons (Fsp3) is 0.385. The lowest BCUT2D eigenvalue weighted by molar-refractivity contribution is 0.556. The first-order chi connectivity index (χ1) is 7.50. The van der Waals surface area contributed by atoms with E-state index in [4.69, 9.17) is 17.3 Å². The molecule has 3 N–H and O–H groups in total. The number of hydrogen-bond acceptors (Lipinski definition) is 2. The third-order valence-corrected chi connectivity index (χ3v) is 2.70. The second kappa shape index (κ2) is 5.92. The maximum atomic E-state index is 5.85. The molecular weight excluding hydrogens is 220 g/mol. The molecule has 1 atom stereocenters. The Balaban J connectivity index is 2.77. The van der Waals surface area contributed by atoms with E-state index in [0.717, 1.165) is 17.1 Å². The molecule has 0 aliphatic rings. The first kappa shape index (κ1) is 13.1. The van der Waals surface area contributed by atoms with Crippen molar-refractivity contribution in [1.82, 2.24) is 5.32 Å². The van der Waals surface area contributed by atoms with Crippen LogP contribution in [0.3, 0.4) is 0 Å². The van der Waals surface area contributed by atoms with E-state index in [2.05, 4.69) is 25.7 Å². The van der Waals surface area contributed by atoms with Crippen LogP contribution in [0.4, 0.5) is 0 Å². The third kappa shape index (κ3) is 3.87. The first-order valence-electron chi connectivity index (χ1n) is 5.44. The molecule has 0 heterocycles. The zero-order valence-corrected chi connectivity index (χ0v) is 10.6. The Bertz CT molecular complexity index is 343. The first-order valence-corrected chi connectivity index (χ1v) is 5.81. The van der Waals surface area contributed by atoms with Gasteiger partial charge in [-0.05, 0) is 17.7 Å². The minimum absolute atomic E-state index is 0.139. The molecule has 0 spiro atoms. The fourth-order valence-electron chi connectivity index (χ4n) is 1.51. The Morgan fingerprint density at radius 1 is 1.38 bits per heavy atom. The van der Waals surface area contributed by atoms with Gasteiger partial charge in [-0.2, -0.15) is 0 Å². The molecule has 2 nitrogen and oxygen atoms in total. The van der Waals surface area contributed by atoms with Crippen LogP contribution in [0.25, 0.3) is 0 Å². The number of hydrogen-bond donors (Lipinski definition) is 2. The molecule has 0 unspecified atom stereocenters. The van der Waals surface area contributed by atoms with Crippen LogP contribution in [0.2, 0.25) is 5.02 Å². The number of benzene rings is 1. The molecule has 0 radical (unpaired) electrons. The maximum absolute atomic E-state index is 5.85. The van der Waals surface area contributed by atoms with E-state index in [0.29, 0.717) is 11.7 Å². The lowest BCUT2D eigenvalue weighted by atomic mass is 9.96. The van der Waals surface area contributed by atoms with Gasteiger partial charge in [-0.15, -0.1) is 0 Å². The summed E-state index contributed by atoms with van der Waals surface area (Å²) < 4.78 is 0. The van der Waals surface area contributed by atoms with E-state index in [-0.39, 0.29) is 5.92 Å². The van der Waals surface area contributed by atoms with Crippen molar-refractivity contribution in [2.24, 2.45) is 5.73 Å². The van der Waals surface area contributed by atoms with E-state index in [1.807, 2.05) is 24.3 Å². The number of nitrogens with two attached hydrogens (primary N) is 1. The SMILES string of the molecule is C=C(N)[C@H](CNC(C)C)c1ccc(Cl)cc1. The number of rotatable bonds is 5. The smallest absolute Gasteiger partial charge is 0.0406 e. The predicted molar refractivity (Wildman–Crippen MR) is 70.7 cm³/mol. The summed E-state index contributed by atoms with van der Waals surface area (Å²) in [4.78, 5) is 0. The van der Waals surface area contributed by atoms with Gasteiger partial charge in [-0.1, -0.05) is 44.2 Å². The number of halogens is 1. The summed E-state index contributed by atoms with van der Waals surface area (Å²) in [5.74, 6) is 0.139. The molecule has 0 aliphatic heterocycles. The van der Waals surface area contributed by atoms with Crippen molar-refractivity contribution in [2.45, 2.75) is 25.8 Å². The summed E-state index contributed by atoms with van der Waals surface area (Å²) in [6.45, 7) is 8.86. The molecule has 0 saturated carbocycles. The zero-order valence-electron chi connectivity index (χ0n) is 9.83. The molecule has 1 aromatic carbocycles. The molecule has 3 heteroatoms. The van der Waals surface area contributed by atoms with Gasteiger partial charge in [-0.3, -0.25) is 0 Å². The molecule has 1 aromatic rings. The molecule has 0 fully saturated rings. The summed E-state index contributed by atoms with van der Waals surface area (Å²) in [5, 5.41) is 4.10. The van der Waals surface area contributed by atoms with Gasteiger partial charge in [0.25, 0.3) is 0 Å². The lowest BCUT2D eigenvalue weighted by Gasteiger charge is -2.19. The minimum Gasteiger partial charge on any atom is -0.402 e. The summed E-state index contributed by atoms with van der Waals surface area (Å²) in [6, 6.07) is 8.18. The highest BCUT2D eigenvalue weighted by atomic mass is 35.5. The quantitative estimate of drug-likeness (QED) is 0.828. The molecule has 0 amide bonds. The van der Waals surface area contributed by atoms with Crippen LogP contribution in [-0.4, -0.2) is 12.6 Å². The zero-order chi connectivity index (χ0) is 12.1. The average molecular weight is 239 g/mol. The summed E-state index contributed by atoms with van der Waals surface area (Å²) in [7, 11) is 0. The van der Waals surface area contributed by atoms with Gasteiger partial charge in [-0.25, -0.2) is 0 Å². The summed E-state index contributed by atoms with van der Waals surface area (Å²) >= 11 is 5.85. The van der Waals surface area contributed by atoms with Gasteiger partial charge < -0.3 is 11.1 Å². The van der Waals surface area contributed by atoms with E-state index in [9.17, 15) is 0 Å². The predicted octanol–water partition coefficient (Wildman–Crippen LogP) is 2.89. The van der Waals surface area contributed by atoms with Gasteiger partial charge in [0.1, 0.15) is 0 Å². The molecule has 0 bridgehead atoms. The lowest BCUT2D eigenvalue weighted by Crippen LogP contribution is -2.30. The highest BCUT2D eigenvalue weighted by molar-refractivity contribution is 6.30. The van der Waals surface area contributed by atoms with Crippen LogP contribution in [-0.2, 0) is 0 Å². The van der Waals surface area contributed by atoms with Crippen molar-refractivity contribution < 1.29 is 0 Å². The fourth-order valence-corrected chi connectivity index (χ4v) is 1.64. The monoisotopic (exact) mass is 238 g/mol. The van der Waals surface area contributed by atoms with E-state index >= 15 is 0 Å². The highest BCUT2D eigenvalue weighted by Gasteiger charge is 2.13. The second-order valence-electron chi connectivity index (χ2n) is 4.24. The summed E-state index contributed by atoms with van der Waals surface area (Å²) in [6.07, 6.45) is 0. The molecule has 16 heavy (non-hydrogen) atoms. The maximum Gasteiger partial charge on any atom is 0.0406 e.